The molecule has 1 fully saturated rings. The Hall–Kier alpha value is -2.63. The molecule has 2 aromatic rings. The number of anilines is 1. The maximum absolute atomic E-state index is 12.3. The van der Waals surface area contributed by atoms with Crippen LogP contribution in [0.5, 0.6) is 0 Å². The normalized spacial score (nSPS) is 14.9. The Labute approximate surface area is 128 Å². The van der Waals surface area contributed by atoms with E-state index in [1.807, 2.05) is 18.2 Å². The summed E-state index contributed by atoms with van der Waals surface area (Å²) in [7, 11) is 0. The lowest BCUT2D eigenvalue weighted by molar-refractivity contribution is -0.132. The van der Waals surface area contributed by atoms with E-state index < -0.39 is 0 Å². The molecule has 1 amide bonds. The van der Waals surface area contributed by atoms with E-state index in [9.17, 15) is 9.59 Å². The van der Waals surface area contributed by atoms with E-state index in [1.54, 1.807) is 29.4 Å². The highest BCUT2D eigenvalue weighted by Gasteiger charge is 2.21. The second-order valence-electron chi connectivity index (χ2n) is 5.22. The molecule has 0 atom stereocenters. The van der Waals surface area contributed by atoms with Crippen molar-refractivity contribution in [2.24, 2.45) is 0 Å². The van der Waals surface area contributed by atoms with Crippen molar-refractivity contribution in [3.05, 3.63) is 59.1 Å². The van der Waals surface area contributed by atoms with Gasteiger partial charge < -0.3 is 14.4 Å². The maximum Gasteiger partial charge on any atom is 0.250 e. The Bertz CT molecular complexity index is 691. The van der Waals surface area contributed by atoms with Gasteiger partial charge in [-0.05, 0) is 18.2 Å². The SMILES string of the molecule is O=C(Cn1ccccc1=O)N1CCN(c2ccccn2)CC1. The standard InChI is InChI=1S/C16H18N4O2/c21-15-6-2-4-8-20(15)13-16(22)19-11-9-18(10-12-19)14-5-1-3-7-17-14/h1-8H,9-13H2. The zero-order valence-corrected chi connectivity index (χ0v) is 12.3. The number of piperazine rings is 1. The van der Waals surface area contributed by atoms with Crippen LogP contribution in [0.3, 0.4) is 0 Å². The van der Waals surface area contributed by atoms with Crippen molar-refractivity contribution in [2.75, 3.05) is 31.1 Å². The van der Waals surface area contributed by atoms with Gasteiger partial charge in [-0.3, -0.25) is 9.59 Å². The molecule has 6 nitrogen and oxygen atoms in total. The number of rotatable bonds is 3. The Morgan fingerprint density at radius 1 is 1.05 bits per heavy atom. The first-order valence-electron chi connectivity index (χ1n) is 7.33. The number of amides is 1. The Kier molecular flexibility index (Phi) is 4.18. The van der Waals surface area contributed by atoms with Gasteiger partial charge in [-0.25, -0.2) is 4.98 Å². The first-order valence-corrected chi connectivity index (χ1v) is 7.33. The van der Waals surface area contributed by atoms with Crippen LogP contribution >= 0.6 is 0 Å². The molecule has 2 aromatic heterocycles. The molecule has 0 radical (unpaired) electrons. The molecule has 0 bridgehead atoms. The van der Waals surface area contributed by atoms with Crippen LogP contribution in [0.2, 0.25) is 0 Å². The molecule has 1 aliphatic rings. The van der Waals surface area contributed by atoms with Gasteiger partial charge >= 0.3 is 0 Å². The molecule has 0 N–H and O–H groups in total. The predicted molar refractivity (Wildman–Crippen MR) is 83.7 cm³/mol. The predicted octanol–water partition coefficient (Wildman–Crippen LogP) is 0.592. The van der Waals surface area contributed by atoms with Crippen molar-refractivity contribution in [3.63, 3.8) is 0 Å². The lowest BCUT2D eigenvalue weighted by Crippen LogP contribution is -2.50. The number of aromatic nitrogens is 2. The zero-order chi connectivity index (χ0) is 15.4. The Morgan fingerprint density at radius 3 is 2.50 bits per heavy atom. The van der Waals surface area contributed by atoms with E-state index >= 15 is 0 Å². The second-order valence-corrected chi connectivity index (χ2v) is 5.22. The summed E-state index contributed by atoms with van der Waals surface area (Å²) in [6.45, 7) is 2.91. The van der Waals surface area contributed by atoms with Crippen molar-refractivity contribution >= 4 is 11.7 Å². The van der Waals surface area contributed by atoms with Crippen LogP contribution in [-0.2, 0) is 11.3 Å². The van der Waals surface area contributed by atoms with Crippen molar-refractivity contribution in [1.82, 2.24) is 14.5 Å². The van der Waals surface area contributed by atoms with Crippen molar-refractivity contribution in [2.45, 2.75) is 6.54 Å². The summed E-state index contributed by atoms with van der Waals surface area (Å²) in [6, 6.07) is 10.7. The van der Waals surface area contributed by atoms with E-state index in [1.165, 1.54) is 10.6 Å². The van der Waals surface area contributed by atoms with Gasteiger partial charge in [-0.1, -0.05) is 12.1 Å². The number of carbonyl (C=O) groups is 1. The van der Waals surface area contributed by atoms with Crippen molar-refractivity contribution in [1.29, 1.82) is 0 Å². The third-order valence-corrected chi connectivity index (χ3v) is 3.81. The minimum Gasteiger partial charge on any atom is -0.353 e. The molecule has 0 unspecified atom stereocenters. The summed E-state index contributed by atoms with van der Waals surface area (Å²) in [5.41, 5.74) is -0.150. The van der Waals surface area contributed by atoms with Gasteiger partial charge in [0.2, 0.25) is 5.91 Å². The number of nitrogens with zero attached hydrogens (tertiary/aromatic N) is 4. The molecule has 0 aliphatic carbocycles. The molecule has 0 saturated carbocycles. The van der Waals surface area contributed by atoms with Gasteiger partial charge in [0.25, 0.3) is 5.56 Å². The molecule has 6 heteroatoms. The van der Waals surface area contributed by atoms with Gasteiger partial charge in [-0.2, -0.15) is 0 Å². The fraction of sp³-hybridized carbons (Fsp3) is 0.312. The number of hydrogen-bond acceptors (Lipinski definition) is 4. The minimum atomic E-state index is -0.150. The summed E-state index contributed by atoms with van der Waals surface area (Å²) in [5, 5.41) is 0. The van der Waals surface area contributed by atoms with Crippen LogP contribution < -0.4 is 10.5 Å². The zero-order valence-electron chi connectivity index (χ0n) is 12.3. The van der Waals surface area contributed by atoms with E-state index in [-0.39, 0.29) is 18.0 Å². The fourth-order valence-corrected chi connectivity index (χ4v) is 2.56. The van der Waals surface area contributed by atoms with Gasteiger partial charge in [0.15, 0.2) is 0 Å². The Balaban J connectivity index is 1.58. The average molecular weight is 298 g/mol. The average Bonchev–Trinajstić information content (AvgIpc) is 2.58. The molecule has 3 rings (SSSR count). The third kappa shape index (κ3) is 3.16. The highest BCUT2D eigenvalue weighted by atomic mass is 16.2. The number of hydrogen-bond donors (Lipinski definition) is 0. The lowest BCUT2D eigenvalue weighted by Gasteiger charge is -2.35. The molecule has 1 aliphatic heterocycles. The maximum atomic E-state index is 12.3. The van der Waals surface area contributed by atoms with Gasteiger partial charge in [0.1, 0.15) is 12.4 Å². The quantitative estimate of drug-likeness (QED) is 0.832. The topological polar surface area (TPSA) is 58.4 Å². The molecule has 0 spiro atoms. The van der Waals surface area contributed by atoms with Crippen molar-refractivity contribution in [3.8, 4) is 0 Å². The molecule has 1 saturated heterocycles. The lowest BCUT2D eigenvalue weighted by atomic mass is 10.3. The first-order chi connectivity index (χ1) is 10.7. The van der Waals surface area contributed by atoms with E-state index in [0.717, 1.165) is 18.9 Å². The molecular weight excluding hydrogens is 280 g/mol. The molecule has 114 valence electrons. The summed E-state index contributed by atoms with van der Waals surface area (Å²) < 4.78 is 1.44. The Morgan fingerprint density at radius 2 is 1.82 bits per heavy atom. The van der Waals surface area contributed by atoms with Crippen LogP contribution in [0, 0.1) is 0 Å². The highest BCUT2D eigenvalue weighted by Crippen LogP contribution is 2.12. The molecular formula is C16H18N4O2. The summed E-state index contributed by atoms with van der Waals surface area (Å²) in [4.78, 5) is 32.2. The van der Waals surface area contributed by atoms with Crippen LogP contribution in [0.25, 0.3) is 0 Å². The fourth-order valence-electron chi connectivity index (χ4n) is 2.56. The van der Waals surface area contributed by atoms with E-state index in [0.29, 0.717) is 13.1 Å². The van der Waals surface area contributed by atoms with Crippen molar-refractivity contribution < 1.29 is 4.79 Å². The summed E-state index contributed by atoms with van der Waals surface area (Å²) in [5.74, 6) is 0.919. The van der Waals surface area contributed by atoms with E-state index in [4.69, 9.17) is 0 Å². The monoisotopic (exact) mass is 298 g/mol. The number of carbonyl (C=O) groups excluding carboxylic acids is 1. The summed E-state index contributed by atoms with van der Waals surface area (Å²) >= 11 is 0. The van der Waals surface area contributed by atoms with Crippen LogP contribution in [-0.4, -0.2) is 46.5 Å². The van der Waals surface area contributed by atoms with Gasteiger partial charge in [-0.15, -0.1) is 0 Å². The molecule has 22 heavy (non-hydrogen) atoms. The highest BCUT2D eigenvalue weighted by molar-refractivity contribution is 5.76. The smallest absolute Gasteiger partial charge is 0.250 e. The van der Waals surface area contributed by atoms with Crippen LogP contribution in [0.1, 0.15) is 0 Å². The third-order valence-electron chi connectivity index (χ3n) is 3.81. The molecule has 0 aromatic carbocycles. The van der Waals surface area contributed by atoms with Crippen LogP contribution in [0.15, 0.2) is 53.6 Å². The molecule has 3 heterocycles. The number of pyridine rings is 2. The largest absolute Gasteiger partial charge is 0.353 e. The van der Waals surface area contributed by atoms with Gasteiger partial charge in [0, 0.05) is 44.6 Å². The van der Waals surface area contributed by atoms with Gasteiger partial charge in [0.05, 0.1) is 0 Å². The minimum absolute atomic E-state index is 0.0195. The van der Waals surface area contributed by atoms with Crippen LogP contribution in [0.4, 0.5) is 5.82 Å². The van der Waals surface area contributed by atoms with E-state index in [2.05, 4.69) is 9.88 Å². The summed E-state index contributed by atoms with van der Waals surface area (Å²) in [6.07, 6.45) is 3.42. The first kappa shape index (κ1) is 14.3. The second kappa shape index (κ2) is 6.43.